The molecule has 2 aliphatic heterocycles. The van der Waals surface area contributed by atoms with Crippen LogP contribution >= 0.6 is 0 Å². The summed E-state index contributed by atoms with van der Waals surface area (Å²) in [7, 11) is 0. The molecule has 0 aromatic heterocycles. The number of carbonyl (C=O) groups is 2. The normalized spacial score (nSPS) is 40.1. The van der Waals surface area contributed by atoms with Crippen molar-refractivity contribution < 1.29 is 33.9 Å². The summed E-state index contributed by atoms with van der Waals surface area (Å²) in [5.74, 6) is -1.20. The first-order valence-corrected chi connectivity index (χ1v) is 10.1. The Labute approximate surface area is 171 Å². The highest BCUT2D eigenvalue weighted by Gasteiger charge is 2.56. The van der Waals surface area contributed by atoms with Crippen LogP contribution in [0.5, 0.6) is 0 Å². The van der Waals surface area contributed by atoms with Gasteiger partial charge >= 0.3 is 11.9 Å². The summed E-state index contributed by atoms with van der Waals surface area (Å²) in [6, 6.07) is 0. The van der Waals surface area contributed by atoms with E-state index in [1.807, 2.05) is 19.9 Å². The van der Waals surface area contributed by atoms with Crippen LogP contribution in [-0.4, -0.2) is 47.2 Å². The predicted octanol–water partition coefficient (Wildman–Crippen LogP) is 3.50. The molecular formula is C22H30O7. The first-order valence-electron chi connectivity index (χ1n) is 10.1. The molecule has 2 saturated heterocycles. The highest BCUT2D eigenvalue weighted by atomic mass is 17.1. The molecule has 2 heterocycles. The van der Waals surface area contributed by atoms with Crippen LogP contribution in [-0.2, 0) is 28.7 Å². The van der Waals surface area contributed by atoms with Gasteiger partial charge in [-0.25, -0.2) is 9.68 Å². The fourth-order valence-corrected chi connectivity index (χ4v) is 4.33. The van der Waals surface area contributed by atoms with Crippen molar-refractivity contribution in [1.29, 1.82) is 0 Å². The number of allylic oxidation sites excluding steroid dienone is 1. The smallest absolute Gasteiger partial charge is 0.334 e. The Morgan fingerprint density at radius 2 is 2.10 bits per heavy atom. The Morgan fingerprint density at radius 1 is 1.38 bits per heavy atom. The fraction of sp³-hybridized carbons (Fsp3) is 0.636. The molecule has 1 aliphatic carbocycles. The second-order valence-corrected chi connectivity index (χ2v) is 8.46. The van der Waals surface area contributed by atoms with Crippen LogP contribution in [0.15, 0.2) is 36.0 Å². The molecule has 0 saturated carbocycles. The largest absolute Gasteiger partial charge is 0.454 e. The predicted molar refractivity (Wildman–Crippen MR) is 105 cm³/mol. The van der Waals surface area contributed by atoms with Crippen molar-refractivity contribution in [3.8, 4) is 0 Å². The van der Waals surface area contributed by atoms with E-state index in [0.29, 0.717) is 37.7 Å². The highest BCUT2D eigenvalue weighted by Crippen LogP contribution is 2.48. The minimum absolute atomic E-state index is 0.0842. The molecule has 0 aromatic carbocycles. The second kappa shape index (κ2) is 8.42. The molecule has 0 spiro atoms. The molecule has 0 amide bonds. The Morgan fingerprint density at radius 3 is 2.76 bits per heavy atom. The zero-order valence-corrected chi connectivity index (χ0v) is 17.3. The molecular weight excluding hydrogens is 376 g/mol. The molecule has 160 valence electrons. The summed E-state index contributed by atoms with van der Waals surface area (Å²) in [6.07, 6.45) is 3.15. The van der Waals surface area contributed by atoms with Crippen LogP contribution in [0, 0.1) is 5.92 Å². The van der Waals surface area contributed by atoms with Crippen LogP contribution in [0.25, 0.3) is 0 Å². The topological polar surface area (TPSA) is 94.6 Å². The van der Waals surface area contributed by atoms with Gasteiger partial charge < -0.3 is 14.2 Å². The van der Waals surface area contributed by atoms with Crippen molar-refractivity contribution in [2.24, 2.45) is 5.92 Å². The number of ether oxygens (including phenoxy) is 3. The number of carbonyl (C=O) groups excluding carboxylic acids is 2. The number of hydrogen-bond donors (Lipinski definition) is 1. The van der Waals surface area contributed by atoms with E-state index < -0.39 is 30.3 Å². The number of epoxide rings is 1. The van der Waals surface area contributed by atoms with Gasteiger partial charge in [0.15, 0.2) is 6.10 Å². The van der Waals surface area contributed by atoms with Crippen molar-refractivity contribution >= 4 is 11.9 Å². The van der Waals surface area contributed by atoms with Gasteiger partial charge in [-0.3, -0.25) is 10.1 Å². The summed E-state index contributed by atoms with van der Waals surface area (Å²) in [6.45, 7) is 13.2. The third-order valence-electron chi connectivity index (χ3n) is 6.31. The molecule has 1 N–H and O–H groups in total. The summed E-state index contributed by atoms with van der Waals surface area (Å²) >= 11 is 0. The summed E-state index contributed by atoms with van der Waals surface area (Å²) in [5.41, 5.74) is 1.59. The standard InChI is InChI=1S/C22H30O7/c1-12-7-6-8-13(2)19(26-15(4)23)20-16(14(3)21(24)27-20)11-18-22(5,28-18)10-9-17(12)29-25/h8,16-20,25H,1,3,6-7,9-11H2,2,4-5H3/b13-8+/t16-,17-,18+,19+,20-,22+/m1/s1. The summed E-state index contributed by atoms with van der Waals surface area (Å²) in [5, 5.41) is 9.29. The molecule has 6 atom stereocenters. The number of hydrogen-bond acceptors (Lipinski definition) is 7. The third kappa shape index (κ3) is 4.63. The van der Waals surface area contributed by atoms with Crippen molar-refractivity contribution in [2.45, 2.75) is 82.9 Å². The van der Waals surface area contributed by atoms with E-state index in [-0.39, 0.29) is 17.6 Å². The molecule has 7 nitrogen and oxygen atoms in total. The van der Waals surface area contributed by atoms with E-state index in [1.54, 1.807) is 0 Å². The maximum atomic E-state index is 12.3. The van der Waals surface area contributed by atoms with E-state index >= 15 is 0 Å². The molecule has 2 fully saturated rings. The van der Waals surface area contributed by atoms with Gasteiger partial charge in [0.05, 0.1) is 11.7 Å². The Kier molecular flexibility index (Phi) is 6.31. The van der Waals surface area contributed by atoms with Gasteiger partial charge in [0, 0.05) is 18.4 Å². The third-order valence-corrected chi connectivity index (χ3v) is 6.31. The first-order chi connectivity index (χ1) is 13.7. The van der Waals surface area contributed by atoms with E-state index in [2.05, 4.69) is 18.0 Å². The van der Waals surface area contributed by atoms with Crippen LogP contribution < -0.4 is 0 Å². The highest BCUT2D eigenvalue weighted by molar-refractivity contribution is 5.91. The average molecular weight is 406 g/mol. The first kappa shape index (κ1) is 21.7. The quantitative estimate of drug-likeness (QED) is 0.187. The Balaban J connectivity index is 1.92. The fourth-order valence-electron chi connectivity index (χ4n) is 4.33. The van der Waals surface area contributed by atoms with Gasteiger partial charge in [0.1, 0.15) is 12.2 Å². The monoisotopic (exact) mass is 406 g/mol. The van der Waals surface area contributed by atoms with Crippen molar-refractivity contribution in [2.75, 3.05) is 0 Å². The molecule has 0 bridgehead atoms. The average Bonchev–Trinajstić information content (AvgIpc) is 3.21. The van der Waals surface area contributed by atoms with E-state index in [9.17, 15) is 14.8 Å². The van der Waals surface area contributed by atoms with Gasteiger partial charge in [-0.15, -0.1) is 0 Å². The van der Waals surface area contributed by atoms with Crippen molar-refractivity contribution in [1.82, 2.24) is 0 Å². The SMILES string of the molecule is C=C1C(=O)O[C@@H]2[C@@H]1C[C@@H]1O[C@@]1(C)CC[C@@H](OO)C(=C)CC/C=C(\C)[C@@H]2OC(C)=O. The molecule has 3 rings (SSSR count). The van der Waals surface area contributed by atoms with Gasteiger partial charge in [0.25, 0.3) is 0 Å². The van der Waals surface area contributed by atoms with Crippen molar-refractivity contribution in [3.63, 3.8) is 0 Å². The molecule has 3 aliphatic rings. The lowest BCUT2D eigenvalue weighted by Gasteiger charge is -2.27. The lowest BCUT2D eigenvalue weighted by molar-refractivity contribution is -0.270. The van der Waals surface area contributed by atoms with Crippen LogP contribution in [0.3, 0.4) is 0 Å². The maximum Gasteiger partial charge on any atom is 0.334 e. The Hall–Kier alpha value is -1.96. The zero-order chi connectivity index (χ0) is 21.3. The van der Waals surface area contributed by atoms with Crippen LogP contribution in [0.2, 0.25) is 0 Å². The molecule has 29 heavy (non-hydrogen) atoms. The second-order valence-electron chi connectivity index (χ2n) is 8.46. The van der Waals surface area contributed by atoms with E-state index in [4.69, 9.17) is 14.2 Å². The molecule has 7 heteroatoms. The van der Waals surface area contributed by atoms with Gasteiger partial charge in [-0.05, 0) is 57.1 Å². The minimum Gasteiger partial charge on any atom is -0.454 e. The number of fused-ring (bicyclic) bond motifs is 2. The minimum atomic E-state index is -0.688. The zero-order valence-electron chi connectivity index (χ0n) is 17.3. The Bertz CT molecular complexity index is 739. The molecule has 0 unspecified atom stereocenters. The van der Waals surface area contributed by atoms with Crippen LogP contribution in [0.1, 0.15) is 52.9 Å². The summed E-state index contributed by atoms with van der Waals surface area (Å²) < 4.78 is 17.1. The molecule has 0 aromatic rings. The number of esters is 2. The van der Waals surface area contributed by atoms with Crippen molar-refractivity contribution in [3.05, 3.63) is 36.0 Å². The van der Waals surface area contributed by atoms with Gasteiger partial charge in [-0.1, -0.05) is 19.2 Å². The number of rotatable bonds is 2. The van der Waals surface area contributed by atoms with E-state index in [1.165, 1.54) is 6.92 Å². The van der Waals surface area contributed by atoms with Crippen LogP contribution in [0.4, 0.5) is 0 Å². The lowest BCUT2D eigenvalue weighted by atomic mass is 9.83. The summed E-state index contributed by atoms with van der Waals surface area (Å²) in [4.78, 5) is 28.7. The lowest BCUT2D eigenvalue weighted by Crippen LogP contribution is -2.37. The maximum absolute atomic E-state index is 12.3. The van der Waals surface area contributed by atoms with E-state index in [0.717, 1.165) is 11.1 Å². The van der Waals surface area contributed by atoms with Gasteiger partial charge in [0.2, 0.25) is 0 Å². The van der Waals surface area contributed by atoms with Gasteiger partial charge in [-0.2, -0.15) is 0 Å². The molecule has 0 radical (unpaired) electrons.